The Hall–Kier alpha value is -3.02. The van der Waals surface area contributed by atoms with Gasteiger partial charge in [-0.05, 0) is 48.5 Å². The average Bonchev–Trinajstić information content (AvgIpc) is 2.47. The summed E-state index contributed by atoms with van der Waals surface area (Å²) in [4.78, 5) is 21.5. The molecule has 6 nitrogen and oxygen atoms in total. The van der Waals surface area contributed by atoms with Crippen molar-refractivity contribution in [2.75, 3.05) is 17.5 Å². The van der Waals surface area contributed by atoms with E-state index in [1.54, 1.807) is 36.3 Å². The summed E-state index contributed by atoms with van der Waals surface area (Å²) >= 11 is 0. The molecule has 108 valence electrons. The summed E-state index contributed by atoms with van der Waals surface area (Å²) in [5.41, 5.74) is 5.01. The second-order valence-electron chi connectivity index (χ2n) is 4.41. The van der Waals surface area contributed by atoms with E-state index in [9.17, 15) is 9.59 Å². The van der Waals surface area contributed by atoms with Crippen molar-refractivity contribution in [2.24, 2.45) is 0 Å². The first-order chi connectivity index (χ1) is 9.97. The maximum absolute atomic E-state index is 10.8. The van der Waals surface area contributed by atoms with E-state index in [0.717, 1.165) is 11.4 Å². The summed E-state index contributed by atoms with van der Waals surface area (Å²) in [6, 6.07) is 12.7. The van der Waals surface area contributed by atoms with Crippen LogP contribution in [0.2, 0.25) is 0 Å². The van der Waals surface area contributed by atoms with Crippen LogP contribution in [0.15, 0.2) is 48.5 Å². The van der Waals surface area contributed by atoms with E-state index in [1.807, 2.05) is 0 Å². The second kappa shape index (κ2) is 5.96. The number of nitrogens with zero attached hydrogens (tertiary/aromatic N) is 1. The standard InChI is InChI=1S/C15H14N2O4/c1-17(13-8-4-11(5-9-13)15(20)21)16-12-6-2-10(3-7-12)14(18)19/h2-9,16H,1H3,(H,18,19)(H,20,21). The zero-order valence-electron chi connectivity index (χ0n) is 11.3. The Morgan fingerprint density at radius 2 is 1.29 bits per heavy atom. The molecule has 0 amide bonds. The van der Waals surface area contributed by atoms with Gasteiger partial charge >= 0.3 is 11.9 Å². The predicted molar refractivity (Wildman–Crippen MR) is 78.8 cm³/mol. The summed E-state index contributed by atoms with van der Waals surface area (Å²) in [5.74, 6) is -1.94. The number of hydrogen-bond acceptors (Lipinski definition) is 4. The molecule has 0 atom stereocenters. The van der Waals surface area contributed by atoms with Gasteiger partial charge in [-0.25, -0.2) is 9.59 Å². The van der Waals surface area contributed by atoms with E-state index in [-0.39, 0.29) is 11.1 Å². The van der Waals surface area contributed by atoms with Gasteiger partial charge in [-0.3, -0.25) is 10.4 Å². The molecule has 0 aliphatic carbocycles. The fourth-order valence-electron chi connectivity index (χ4n) is 1.77. The van der Waals surface area contributed by atoms with E-state index in [1.165, 1.54) is 24.3 Å². The number of benzene rings is 2. The Kier molecular flexibility index (Phi) is 4.08. The highest BCUT2D eigenvalue weighted by molar-refractivity contribution is 5.88. The Bertz CT molecular complexity index is 650. The van der Waals surface area contributed by atoms with Gasteiger partial charge in [0.15, 0.2) is 0 Å². The first kappa shape index (κ1) is 14.4. The van der Waals surface area contributed by atoms with Crippen LogP contribution in [0.3, 0.4) is 0 Å². The maximum Gasteiger partial charge on any atom is 0.335 e. The van der Waals surface area contributed by atoms with Crippen molar-refractivity contribution in [1.29, 1.82) is 0 Å². The zero-order valence-corrected chi connectivity index (χ0v) is 11.3. The van der Waals surface area contributed by atoms with Gasteiger partial charge in [-0.2, -0.15) is 0 Å². The van der Waals surface area contributed by atoms with Gasteiger partial charge in [0.2, 0.25) is 0 Å². The van der Waals surface area contributed by atoms with Crippen molar-refractivity contribution >= 4 is 23.3 Å². The molecule has 2 aromatic carbocycles. The van der Waals surface area contributed by atoms with Crippen LogP contribution in [0.1, 0.15) is 20.7 Å². The van der Waals surface area contributed by atoms with Gasteiger partial charge < -0.3 is 10.2 Å². The number of hydrogen-bond donors (Lipinski definition) is 3. The third kappa shape index (κ3) is 3.50. The van der Waals surface area contributed by atoms with E-state index in [4.69, 9.17) is 10.2 Å². The maximum atomic E-state index is 10.8. The van der Waals surface area contributed by atoms with Crippen LogP contribution in [0, 0.1) is 0 Å². The minimum absolute atomic E-state index is 0.217. The second-order valence-corrected chi connectivity index (χ2v) is 4.41. The van der Waals surface area contributed by atoms with E-state index < -0.39 is 11.9 Å². The number of carboxylic acids is 2. The monoisotopic (exact) mass is 286 g/mol. The van der Waals surface area contributed by atoms with Crippen molar-refractivity contribution in [2.45, 2.75) is 0 Å². The molecule has 0 saturated carbocycles. The molecular formula is C15H14N2O4. The van der Waals surface area contributed by atoms with Crippen molar-refractivity contribution in [3.05, 3.63) is 59.7 Å². The number of carboxylic acid groups (broad SMARTS) is 2. The van der Waals surface area contributed by atoms with Crippen LogP contribution in [0.25, 0.3) is 0 Å². The molecule has 6 heteroatoms. The molecule has 3 N–H and O–H groups in total. The van der Waals surface area contributed by atoms with Crippen LogP contribution in [0.5, 0.6) is 0 Å². The highest BCUT2D eigenvalue weighted by Gasteiger charge is 2.06. The Balaban J connectivity index is 2.08. The summed E-state index contributed by atoms with van der Waals surface area (Å²) < 4.78 is 0. The summed E-state index contributed by atoms with van der Waals surface area (Å²) in [5, 5.41) is 19.4. The molecule has 0 aliphatic rings. The smallest absolute Gasteiger partial charge is 0.335 e. The van der Waals surface area contributed by atoms with Gasteiger partial charge in [0.05, 0.1) is 22.5 Å². The predicted octanol–water partition coefficient (Wildman–Crippen LogP) is 2.55. The van der Waals surface area contributed by atoms with Gasteiger partial charge in [0, 0.05) is 7.05 Å². The Morgan fingerprint density at radius 1 is 0.857 bits per heavy atom. The molecular weight excluding hydrogens is 272 g/mol. The topological polar surface area (TPSA) is 89.9 Å². The van der Waals surface area contributed by atoms with Gasteiger partial charge in [-0.15, -0.1) is 0 Å². The molecule has 2 aromatic rings. The highest BCUT2D eigenvalue weighted by atomic mass is 16.4. The van der Waals surface area contributed by atoms with E-state index >= 15 is 0 Å². The fraction of sp³-hybridized carbons (Fsp3) is 0.0667. The highest BCUT2D eigenvalue weighted by Crippen LogP contribution is 2.16. The number of hydrazine groups is 1. The van der Waals surface area contributed by atoms with E-state index in [2.05, 4.69) is 5.43 Å². The van der Waals surface area contributed by atoms with Crippen LogP contribution >= 0.6 is 0 Å². The van der Waals surface area contributed by atoms with Gasteiger partial charge in [-0.1, -0.05) is 0 Å². The molecule has 0 aromatic heterocycles. The molecule has 0 saturated heterocycles. The number of nitrogens with one attached hydrogen (secondary N) is 1. The normalized spacial score (nSPS) is 9.95. The van der Waals surface area contributed by atoms with Crippen molar-refractivity contribution in [1.82, 2.24) is 0 Å². The van der Waals surface area contributed by atoms with Crippen molar-refractivity contribution < 1.29 is 19.8 Å². The van der Waals surface area contributed by atoms with E-state index in [0.29, 0.717) is 0 Å². The Morgan fingerprint density at radius 3 is 1.71 bits per heavy atom. The quantitative estimate of drug-likeness (QED) is 0.732. The lowest BCUT2D eigenvalue weighted by Gasteiger charge is -2.21. The lowest BCUT2D eigenvalue weighted by atomic mass is 10.2. The Labute approximate surface area is 121 Å². The number of anilines is 2. The molecule has 0 spiro atoms. The first-order valence-electron chi connectivity index (χ1n) is 6.14. The summed E-state index contributed by atoms with van der Waals surface area (Å²) in [6.07, 6.45) is 0. The number of rotatable bonds is 5. The molecule has 21 heavy (non-hydrogen) atoms. The SMILES string of the molecule is CN(Nc1ccc(C(=O)O)cc1)c1ccc(C(=O)O)cc1. The lowest BCUT2D eigenvalue weighted by molar-refractivity contribution is 0.0686. The number of carbonyl (C=O) groups is 2. The van der Waals surface area contributed by atoms with Gasteiger partial charge in [0.25, 0.3) is 0 Å². The van der Waals surface area contributed by atoms with Gasteiger partial charge in [0.1, 0.15) is 0 Å². The van der Waals surface area contributed by atoms with Crippen LogP contribution in [-0.4, -0.2) is 29.2 Å². The minimum atomic E-state index is -0.973. The molecule has 0 heterocycles. The average molecular weight is 286 g/mol. The largest absolute Gasteiger partial charge is 0.478 e. The first-order valence-corrected chi connectivity index (χ1v) is 6.14. The molecule has 0 aliphatic heterocycles. The third-order valence-electron chi connectivity index (χ3n) is 2.93. The summed E-state index contributed by atoms with van der Waals surface area (Å²) in [7, 11) is 1.78. The minimum Gasteiger partial charge on any atom is -0.478 e. The van der Waals surface area contributed by atoms with Crippen LogP contribution in [0.4, 0.5) is 11.4 Å². The van der Waals surface area contributed by atoms with Crippen LogP contribution < -0.4 is 10.4 Å². The molecule has 0 bridgehead atoms. The fourth-order valence-corrected chi connectivity index (χ4v) is 1.77. The van der Waals surface area contributed by atoms with Crippen molar-refractivity contribution in [3.8, 4) is 0 Å². The lowest BCUT2D eigenvalue weighted by Crippen LogP contribution is -2.24. The van der Waals surface area contributed by atoms with Crippen LogP contribution in [-0.2, 0) is 0 Å². The molecule has 0 fully saturated rings. The third-order valence-corrected chi connectivity index (χ3v) is 2.93. The van der Waals surface area contributed by atoms with Crippen molar-refractivity contribution in [3.63, 3.8) is 0 Å². The molecule has 0 radical (unpaired) electrons. The molecule has 2 rings (SSSR count). The molecule has 0 unspecified atom stereocenters. The summed E-state index contributed by atoms with van der Waals surface area (Å²) in [6.45, 7) is 0. The number of aromatic carboxylic acids is 2. The zero-order chi connectivity index (χ0) is 15.4.